The molecule has 0 fully saturated rings. The average Bonchev–Trinajstić information content (AvgIpc) is 3.15. The Labute approximate surface area is 200 Å². The molecule has 3 aromatic carbocycles. The summed E-state index contributed by atoms with van der Waals surface area (Å²) in [4.78, 5) is 18.3. The maximum Gasteiger partial charge on any atom is 0.272 e. The van der Waals surface area contributed by atoms with E-state index >= 15 is 0 Å². The number of amides is 1. The topological polar surface area (TPSA) is 46.9 Å². The van der Waals surface area contributed by atoms with E-state index in [1.54, 1.807) is 0 Å². The summed E-state index contributed by atoms with van der Waals surface area (Å²) in [5, 5.41) is 3.65. The van der Waals surface area contributed by atoms with Crippen LogP contribution in [-0.4, -0.2) is 21.5 Å². The van der Waals surface area contributed by atoms with E-state index in [9.17, 15) is 4.79 Å². The van der Waals surface area contributed by atoms with E-state index in [-0.39, 0.29) is 11.9 Å². The lowest BCUT2D eigenvalue weighted by molar-refractivity contribution is 0.0939. The lowest BCUT2D eigenvalue weighted by Crippen LogP contribution is -2.30. The maximum absolute atomic E-state index is 13.4. The quantitative estimate of drug-likeness (QED) is 0.353. The number of imidazole rings is 1. The van der Waals surface area contributed by atoms with Gasteiger partial charge in [0.2, 0.25) is 0 Å². The fourth-order valence-corrected chi connectivity index (χ4v) is 4.17. The van der Waals surface area contributed by atoms with Gasteiger partial charge in [-0.1, -0.05) is 65.2 Å². The highest BCUT2D eigenvalue weighted by Gasteiger charge is 2.26. The molecule has 0 aliphatic rings. The number of nitrogens with one attached hydrogen (secondary N) is 1. The summed E-state index contributed by atoms with van der Waals surface area (Å²) in [6.07, 6.45) is 0. The van der Waals surface area contributed by atoms with Gasteiger partial charge in [0.1, 0.15) is 5.82 Å². The average molecular weight is 458 g/mol. The van der Waals surface area contributed by atoms with Crippen molar-refractivity contribution in [2.45, 2.75) is 40.7 Å². The van der Waals surface area contributed by atoms with Gasteiger partial charge in [-0.25, -0.2) is 4.98 Å². The lowest BCUT2D eigenvalue weighted by atomic mass is 10.1. The molecular weight excluding hydrogens is 430 g/mol. The molecule has 0 aliphatic carbocycles. The third-order valence-corrected chi connectivity index (χ3v) is 5.73. The zero-order chi connectivity index (χ0) is 23.7. The van der Waals surface area contributed by atoms with Gasteiger partial charge in [0, 0.05) is 22.2 Å². The van der Waals surface area contributed by atoms with Crippen LogP contribution in [0.25, 0.3) is 28.3 Å². The maximum atomic E-state index is 13.4. The Hall–Kier alpha value is -3.37. The van der Waals surface area contributed by atoms with E-state index < -0.39 is 0 Å². The summed E-state index contributed by atoms with van der Waals surface area (Å²) in [5.41, 5.74) is 7.16. The number of aromatic nitrogens is 2. The molecular formula is C28H28ClN3O. The van der Waals surface area contributed by atoms with Crippen LogP contribution in [-0.2, 0) is 0 Å². The molecule has 0 unspecified atom stereocenters. The van der Waals surface area contributed by atoms with Crippen molar-refractivity contribution in [3.63, 3.8) is 0 Å². The van der Waals surface area contributed by atoms with Crippen LogP contribution in [0.15, 0.2) is 66.7 Å². The van der Waals surface area contributed by atoms with Crippen molar-refractivity contribution in [3.8, 4) is 28.3 Å². The Balaban J connectivity index is 2.13. The zero-order valence-electron chi connectivity index (χ0n) is 19.6. The fraction of sp³-hybridized carbons (Fsp3) is 0.214. The monoisotopic (exact) mass is 457 g/mol. The molecule has 1 heterocycles. The molecule has 4 rings (SSSR count). The number of hydrogen-bond donors (Lipinski definition) is 1. The summed E-state index contributed by atoms with van der Waals surface area (Å²) in [5.74, 6) is 0.503. The van der Waals surface area contributed by atoms with Gasteiger partial charge in [0.05, 0.1) is 11.4 Å². The first-order valence-corrected chi connectivity index (χ1v) is 11.5. The Bertz CT molecular complexity index is 1340. The SMILES string of the molecule is Cc1cccc(-c2nc(C(=O)NC(C)C)c(-c3cccc(C)c3)n2-c2cc(Cl)ccc2C)c1. The van der Waals surface area contributed by atoms with E-state index in [0.29, 0.717) is 16.5 Å². The van der Waals surface area contributed by atoms with Gasteiger partial charge in [0.25, 0.3) is 5.91 Å². The smallest absolute Gasteiger partial charge is 0.272 e. The van der Waals surface area contributed by atoms with Gasteiger partial charge in [-0.05, 0) is 64.4 Å². The number of carbonyl (C=O) groups is 1. The van der Waals surface area contributed by atoms with Crippen LogP contribution < -0.4 is 5.32 Å². The molecule has 4 nitrogen and oxygen atoms in total. The predicted octanol–water partition coefficient (Wildman–Crippen LogP) is 6.92. The van der Waals surface area contributed by atoms with Crippen LogP contribution in [0.4, 0.5) is 0 Å². The number of benzene rings is 3. The normalized spacial score (nSPS) is 11.1. The second-order valence-electron chi connectivity index (χ2n) is 8.77. The molecule has 0 bridgehead atoms. The molecule has 168 valence electrons. The van der Waals surface area contributed by atoms with Gasteiger partial charge in [-0.2, -0.15) is 0 Å². The third kappa shape index (κ3) is 4.71. The number of hydrogen-bond acceptors (Lipinski definition) is 2. The molecule has 0 radical (unpaired) electrons. The van der Waals surface area contributed by atoms with Gasteiger partial charge >= 0.3 is 0 Å². The molecule has 0 atom stereocenters. The van der Waals surface area contributed by atoms with Crippen LogP contribution in [0.3, 0.4) is 0 Å². The summed E-state index contributed by atoms with van der Waals surface area (Å²) in [6, 6.07) is 22.1. The van der Waals surface area contributed by atoms with Crippen molar-refractivity contribution in [2.75, 3.05) is 0 Å². The first-order valence-electron chi connectivity index (χ1n) is 11.1. The standard InChI is InChI=1S/C28H28ClN3O/c1-17(2)30-28(33)25-26(21-10-6-8-18(3)14-21)32(24-16-23(29)13-12-20(24)5)27(31-25)22-11-7-9-19(4)15-22/h6-17H,1-5H3,(H,30,33). The van der Waals surface area contributed by atoms with Crippen LogP contribution >= 0.6 is 11.6 Å². The summed E-state index contributed by atoms with van der Waals surface area (Å²) in [6.45, 7) is 10.0. The zero-order valence-corrected chi connectivity index (χ0v) is 20.4. The van der Waals surface area contributed by atoms with Crippen LogP contribution in [0.1, 0.15) is 41.0 Å². The van der Waals surface area contributed by atoms with Crippen molar-refractivity contribution >= 4 is 17.5 Å². The number of nitrogens with zero attached hydrogens (tertiary/aromatic N) is 2. The minimum Gasteiger partial charge on any atom is -0.348 e. The van der Waals surface area contributed by atoms with E-state index in [1.807, 2.05) is 76.2 Å². The van der Waals surface area contributed by atoms with E-state index in [1.165, 1.54) is 0 Å². The first-order chi connectivity index (χ1) is 15.7. The lowest BCUT2D eigenvalue weighted by Gasteiger charge is -2.17. The largest absolute Gasteiger partial charge is 0.348 e. The Morgan fingerprint density at radius 2 is 1.55 bits per heavy atom. The molecule has 33 heavy (non-hydrogen) atoms. The highest BCUT2D eigenvalue weighted by molar-refractivity contribution is 6.30. The molecule has 1 amide bonds. The van der Waals surface area contributed by atoms with E-state index in [4.69, 9.17) is 16.6 Å². The van der Waals surface area contributed by atoms with Crippen LogP contribution in [0.2, 0.25) is 5.02 Å². The molecule has 0 aliphatic heterocycles. The van der Waals surface area contributed by atoms with Gasteiger partial charge in [-0.3, -0.25) is 9.36 Å². The summed E-state index contributed by atoms with van der Waals surface area (Å²) >= 11 is 6.44. The second-order valence-corrected chi connectivity index (χ2v) is 9.20. The summed E-state index contributed by atoms with van der Waals surface area (Å²) in [7, 11) is 0. The fourth-order valence-electron chi connectivity index (χ4n) is 4.00. The Morgan fingerprint density at radius 1 is 0.909 bits per heavy atom. The highest BCUT2D eigenvalue weighted by atomic mass is 35.5. The van der Waals surface area contributed by atoms with E-state index in [0.717, 1.165) is 39.2 Å². The van der Waals surface area contributed by atoms with Crippen molar-refractivity contribution in [1.29, 1.82) is 0 Å². The minimum atomic E-state index is -0.200. The summed E-state index contributed by atoms with van der Waals surface area (Å²) < 4.78 is 2.07. The van der Waals surface area contributed by atoms with Gasteiger partial charge in [0.15, 0.2) is 5.69 Å². The van der Waals surface area contributed by atoms with Crippen LogP contribution in [0.5, 0.6) is 0 Å². The highest BCUT2D eigenvalue weighted by Crippen LogP contribution is 2.36. The van der Waals surface area contributed by atoms with E-state index in [2.05, 4.69) is 35.0 Å². The molecule has 5 heteroatoms. The first kappa shape index (κ1) is 22.8. The molecule has 4 aromatic rings. The third-order valence-electron chi connectivity index (χ3n) is 5.49. The predicted molar refractivity (Wildman–Crippen MR) is 136 cm³/mol. The van der Waals surface area contributed by atoms with Crippen molar-refractivity contribution in [3.05, 3.63) is 94.1 Å². The number of halogens is 1. The van der Waals surface area contributed by atoms with Gasteiger partial charge < -0.3 is 5.32 Å². The Morgan fingerprint density at radius 3 is 2.18 bits per heavy atom. The van der Waals surface area contributed by atoms with Crippen LogP contribution in [0, 0.1) is 20.8 Å². The molecule has 0 saturated carbocycles. The second kappa shape index (κ2) is 9.24. The number of rotatable bonds is 5. The van der Waals surface area contributed by atoms with Crippen molar-refractivity contribution < 1.29 is 4.79 Å². The van der Waals surface area contributed by atoms with Crippen molar-refractivity contribution in [1.82, 2.24) is 14.9 Å². The molecule has 1 N–H and O–H groups in total. The van der Waals surface area contributed by atoms with Gasteiger partial charge in [-0.15, -0.1) is 0 Å². The number of aryl methyl sites for hydroxylation is 3. The minimum absolute atomic E-state index is 0.0108. The number of carbonyl (C=O) groups excluding carboxylic acids is 1. The molecule has 1 aromatic heterocycles. The molecule has 0 saturated heterocycles. The van der Waals surface area contributed by atoms with Crippen molar-refractivity contribution in [2.24, 2.45) is 0 Å². The molecule has 0 spiro atoms. The Kier molecular flexibility index (Phi) is 6.39.